The Morgan fingerprint density at radius 2 is 2.27 bits per heavy atom. The van der Waals surface area contributed by atoms with Crippen LogP contribution in [0.2, 0.25) is 5.02 Å². The van der Waals surface area contributed by atoms with Crippen molar-refractivity contribution in [3.05, 3.63) is 35.0 Å². The molecule has 0 unspecified atom stereocenters. The molecular weight excluding hydrogens is 212 g/mol. The molecule has 0 saturated carbocycles. The zero-order valence-corrected chi connectivity index (χ0v) is 8.84. The number of hydrogen-bond donors (Lipinski definition) is 2. The molecule has 0 radical (unpaired) electrons. The maximum absolute atomic E-state index is 11.7. The smallest absolute Gasteiger partial charge is 0.165 e. The van der Waals surface area contributed by atoms with Crippen molar-refractivity contribution < 1.29 is 4.79 Å². The molecule has 1 aromatic heterocycles. The first kappa shape index (κ1) is 10.2. The Morgan fingerprint density at radius 3 is 3.00 bits per heavy atom. The average Bonchev–Trinajstić information content (AvgIpc) is 2.63. The monoisotopic (exact) mass is 222 g/mol. The first-order chi connectivity index (χ1) is 7.22. The number of Topliss-reactive ketones (excluding diaryl/α,β-unsaturated/α-hetero) is 1. The van der Waals surface area contributed by atoms with Crippen LogP contribution in [0.3, 0.4) is 0 Å². The summed E-state index contributed by atoms with van der Waals surface area (Å²) in [5.74, 6) is -0.0148. The van der Waals surface area contributed by atoms with Crippen LogP contribution in [-0.2, 0) is 0 Å². The zero-order valence-electron chi connectivity index (χ0n) is 8.09. The Labute approximate surface area is 92.2 Å². The molecule has 15 heavy (non-hydrogen) atoms. The lowest BCUT2D eigenvalue weighted by atomic mass is 10.1. The highest BCUT2D eigenvalue weighted by molar-refractivity contribution is 6.34. The molecule has 3 N–H and O–H groups in total. The minimum atomic E-state index is -0.0148. The van der Waals surface area contributed by atoms with Crippen LogP contribution in [0.25, 0.3) is 10.9 Å². The summed E-state index contributed by atoms with van der Waals surface area (Å²) in [4.78, 5) is 14.7. The maximum Gasteiger partial charge on any atom is 0.165 e. The van der Waals surface area contributed by atoms with E-state index in [1.54, 1.807) is 12.1 Å². The van der Waals surface area contributed by atoms with E-state index in [9.17, 15) is 4.79 Å². The van der Waals surface area contributed by atoms with Gasteiger partial charge >= 0.3 is 0 Å². The van der Waals surface area contributed by atoms with Gasteiger partial charge < -0.3 is 10.7 Å². The highest BCUT2D eigenvalue weighted by Gasteiger charge is 2.11. The fourth-order valence-corrected chi connectivity index (χ4v) is 1.83. The van der Waals surface area contributed by atoms with Gasteiger partial charge in [-0.1, -0.05) is 11.6 Å². The molecule has 0 fully saturated rings. The van der Waals surface area contributed by atoms with Gasteiger partial charge in [-0.25, -0.2) is 0 Å². The molecule has 1 aromatic carbocycles. The quantitative estimate of drug-likeness (QED) is 0.784. The molecule has 2 rings (SSSR count). The van der Waals surface area contributed by atoms with Crippen molar-refractivity contribution in [1.82, 2.24) is 4.98 Å². The van der Waals surface area contributed by atoms with Crippen LogP contribution in [0.1, 0.15) is 16.8 Å². The third kappa shape index (κ3) is 1.89. The van der Waals surface area contributed by atoms with E-state index in [0.29, 0.717) is 23.6 Å². The van der Waals surface area contributed by atoms with Crippen molar-refractivity contribution in [3.63, 3.8) is 0 Å². The van der Waals surface area contributed by atoms with Crippen molar-refractivity contribution in [2.45, 2.75) is 6.42 Å². The van der Waals surface area contributed by atoms with Gasteiger partial charge in [-0.2, -0.15) is 0 Å². The largest absolute Gasteiger partial charge is 0.361 e. The summed E-state index contributed by atoms with van der Waals surface area (Å²) < 4.78 is 0. The van der Waals surface area contributed by atoms with E-state index in [2.05, 4.69) is 4.98 Å². The Balaban J connectivity index is 2.50. The molecule has 0 atom stereocenters. The number of halogens is 1. The summed E-state index contributed by atoms with van der Waals surface area (Å²) in [5.41, 5.74) is 6.79. The van der Waals surface area contributed by atoms with Gasteiger partial charge in [0.25, 0.3) is 0 Å². The molecule has 0 spiro atoms. The lowest BCUT2D eigenvalue weighted by molar-refractivity contribution is 0.0985. The molecule has 0 bridgehead atoms. The third-order valence-corrected chi connectivity index (χ3v) is 2.63. The minimum absolute atomic E-state index is 0.0148. The predicted molar refractivity (Wildman–Crippen MR) is 61.3 cm³/mol. The molecule has 4 heteroatoms. The predicted octanol–water partition coefficient (Wildman–Crippen LogP) is 2.35. The Kier molecular flexibility index (Phi) is 2.75. The highest BCUT2D eigenvalue weighted by Crippen LogP contribution is 2.24. The minimum Gasteiger partial charge on any atom is -0.361 e. The summed E-state index contributed by atoms with van der Waals surface area (Å²) >= 11 is 6.02. The first-order valence-electron chi connectivity index (χ1n) is 4.72. The maximum atomic E-state index is 11.7. The SMILES string of the molecule is NCCC(=O)c1cc2[nH]ccc2cc1Cl. The molecule has 0 aliphatic rings. The number of aromatic amines is 1. The first-order valence-corrected chi connectivity index (χ1v) is 5.10. The third-order valence-electron chi connectivity index (χ3n) is 2.31. The fourth-order valence-electron chi connectivity index (χ4n) is 1.55. The van der Waals surface area contributed by atoms with Crippen LogP contribution in [0.5, 0.6) is 0 Å². The van der Waals surface area contributed by atoms with E-state index in [1.165, 1.54) is 0 Å². The number of carbonyl (C=O) groups excluding carboxylic acids is 1. The summed E-state index contributed by atoms with van der Waals surface area (Å²) in [6, 6.07) is 5.48. The average molecular weight is 223 g/mol. The van der Waals surface area contributed by atoms with Gasteiger partial charge in [0.15, 0.2) is 5.78 Å². The van der Waals surface area contributed by atoms with E-state index in [-0.39, 0.29) is 5.78 Å². The van der Waals surface area contributed by atoms with Crippen molar-refractivity contribution in [2.75, 3.05) is 6.54 Å². The van der Waals surface area contributed by atoms with E-state index < -0.39 is 0 Å². The van der Waals surface area contributed by atoms with Crippen LogP contribution in [0.4, 0.5) is 0 Å². The number of aromatic nitrogens is 1. The van der Waals surface area contributed by atoms with Gasteiger partial charge in [-0.15, -0.1) is 0 Å². The van der Waals surface area contributed by atoms with Gasteiger partial charge in [-0.05, 0) is 24.7 Å². The number of ketones is 1. The van der Waals surface area contributed by atoms with Crippen molar-refractivity contribution >= 4 is 28.3 Å². The second-order valence-corrected chi connectivity index (χ2v) is 3.77. The van der Waals surface area contributed by atoms with Crippen LogP contribution in [-0.4, -0.2) is 17.3 Å². The summed E-state index contributed by atoms with van der Waals surface area (Å²) in [6.07, 6.45) is 2.14. The number of fused-ring (bicyclic) bond motifs is 1. The van der Waals surface area contributed by atoms with Gasteiger partial charge in [-0.3, -0.25) is 4.79 Å². The summed E-state index contributed by atoms with van der Waals surface area (Å²) in [6.45, 7) is 0.345. The Morgan fingerprint density at radius 1 is 1.47 bits per heavy atom. The number of benzene rings is 1. The van der Waals surface area contributed by atoms with Crippen molar-refractivity contribution in [3.8, 4) is 0 Å². The molecule has 78 valence electrons. The van der Waals surface area contributed by atoms with Gasteiger partial charge in [0, 0.05) is 29.1 Å². The number of carbonyl (C=O) groups is 1. The molecule has 0 saturated heterocycles. The van der Waals surface area contributed by atoms with E-state index in [4.69, 9.17) is 17.3 Å². The van der Waals surface area contributed by atoms with Crippen LogP contribution < -0.4 is 5.73 Å². The molecule has 3 nitrogen and oxygen atoms in total. The topological polar surface area (TPSA) is 58.9 Å². The number of H-pyrrole nitrogens is 1. The van der Waals surface area contributed by atoms with Gasteiger partial charge in [0.2, 0.25) is 0 Å². The molecular formula is C11H11ClN2O. The van der Waals surface area contributed by atoms with Crippen molar-refractivity contribution in [2.24, 2.45) is 5.73 Å². The lowest BCUT2D eigenvalue weighted by Gasteiger charge is -2.02. The Hall–Kier alpha value is -1.32. The second-order valence-electron chi connectivity index (χ2n) is 3.36. The summed E-state index contributed by atoms with van der Waals surface area (Å²) in [7, 11) is 0. The van der Waals surface area contributed by atoms with Crippen LogP contribution in [0, 0.1) is 0 Å². The standard InChI is InChI=1S/C11H11ClN2O/c12-9-5-7-2-4-14-10(7)6-8(9)11(15)1-3-13/h2,4-6,14H,1,3,13H2. The second kappa shape index (κ2) is 4.04. The highest BCUT2D eigenvalue weighted by atomic mass is 35.5. The van der Waals surface area contributed by atoms with Gasteiger partial charge in [0.05, 0.1) is 5.02 Å². The van der Waals surface area contributed by atoms with E-state index >= 15 is 0 Å². The molecule has 0 aliphatic heterocycles. The van der Waals surface area contributed by atoms with Gasteiger partial charge in [0.1, 0.15) is 0 Å². The van der Waals surface area contributed by atoms with Crippen LogP contribution >= 0.6 is 11.6 Å². The van der Waals surface area contributed by atoms with Crippen molar-refractivity contribution in [1.29, 1.82) is 0 Å². The molecule has 0 amide bonds. The fraction of sp³-hybridized carbons (Fsp3) is 0.182. The van der Waals surface area contributed by atoms with E-state index in [1.807, 2.05) is 12.3 Å². The number of rotatable bonds is 3. The molecule has 2 aromatic rings. The van der Waals surface area contributed by atoms with E-state index in [0.717, 1.165) is 10.9 Å². The number of nitrogens with two attached hydrogens (primary N) is 1. The number of hydrogen-bond acceptors (Lipinski definition) is 2. The molecule has 0 aliphatic carbocycles. The zero-order chi connectivity index (χ0) is 10.8. The summed E-state index contributed by atoms with van der Waals surface area (Å²) in [5, 5.41) is 1.49. The Bertz CT molecular complexity index is 504. The number of nitrogens with one attached hydrogen (secondary N) is 1. The lowest BCUT2D eigenvalue weighted by Crippen LogP contribution is -2.08. The molecule has 1 heterocycles. The normalized spacial score (nSPS) is 10.8. The van der Waals surface area contributed by atoms with Crippen LogP contribution in [0.15, 0.2) is 24.4 Å².